The van der Waals surface area contributed by atoms with Crippen LogP contribution in [-0.2, 0) is 0 Å². The van der Waals surface area contributed by atoms with Gasteiger partial charge in [-0.1, -0.05) is 12.1 Å². The zero-order chi connectivity index (χ0) is 22.0. The minimum atomic E-state index is -0.406. The van der Waals surface area contributed by atoms with Gasteiger partial charge in [0.1, 0.15) is 5.75 Å². The second-order valence-corrected chi connectivity index (χ2v) is 7.16. The maximum Gasteiger partial charge on any atom is 0.258 e. The Kier molecular flexibility index (Phi) is 5.63. The first kappa shape index (κ1) is 20.5. The van der Waals surface area contributed by atoms with E-state index in [0.29, 0.717) is 27.8 Å². The molecule has 0 atom stereocenters. The third-order valence-corrected chi connectivity index (χ3v) is 5.43. The Bertz CT molecular complexity index is 1220. The molecule has 2 aromatic carbocycles. The number of ether oxygens (including phenoxy) is 4. The zero-order valence-corrected chi connectivity index (χ0v) is 18.1. The first-order valence-electron chi connectivity index (χ1n) is 9.18. The summed E-state index contributed by atoms with van der Waals surface area (Å²) in [6.07, 6.45) is 0. The number of fused-ring (bicyclic) bond motifs is 1. The Morgan fingerprint density at radius 3 is 2.29 bits per heavy atom. The van der Waals surface area contributed by atoms with Crippen LogP contribution < -0.4 is 24.3 Å². The molecule has 4 aromatic rings. The molecule has 10 heteroatoms. The summed E-state index contributed by atoms with van der Waals surface area (Å²) in [6, 6.07) is 10.8. The zero-order valence-electron chi connectivity index (χ0n) is 17.3. The van der Waals surface area contributed by atoms with Crippen LogP contribution >= 0.6 is 11.3 Å². The number of aromatic nitrogens is 3. The molecule has 2 aromatic heterocycles. The number of benzene rings is 2. The van der Waals surface area contributed by atoms with Gasteiger partial charge in [0.05, 0.1) is 34.1 Å². The van der Waals surface area contributed by atoms with Crippen LogP contribution in [0, 0.1) is 0 Å². The molecule has 1 N–H and O–H groups in total. The van der Waals surface area contributed by atoms with Gasteiger partial charge in [-0.2, -0.15) is 4.98 Å². The monoisotopic (exact) mass is 440 g/mol. The van der Waals surface area contributed by atoms with Crippen LogP contribution in [0.1, 0.15) is 10.4 Å². The number of carbonyl (C=O) groups is 1. The Morgan fingerprint density at radius 1 is 0.968 bits per heavy atom. The lowest BCUT2D eigenvalue weighted by Gasteiger charge is -2.13. The molecule has 0 aliphatic carbocycles. The summed E-state index contributed by atoms with van der Waals surface area (Å²) in [7, 11) is 6.10. The van der Waals surface area contributed by atoms with Crippen LogP contribution in [0.4, 0.5) is 5.95 Å². The number of carbonyl (C=O) groups excluding carboxylic acids is 1. The van der Waals surface area contributed by atoms with Crippen molar-refractivity contribution >= 4 is 28.2 Å². The van der Waals surface area contributed by atoms with Gasteiger partial charge in [-0.05, 0) is 24.3 Å². The highest BCUT2D eigenvalue weighted by molar-refractivity contribution is 7.15. The van der Waals surface area contributed by atoms with E-state index in [1.54, 1.807) is 23.8 Å². The van der Waals surface area contributed by atoms with E-state index in [0.717, 1.165) is 17.0 Å². The van der Waals surface area contributed by atoms with Crippen LogP contribution in [-0.4, -0.2) is 48.9 Å². The van der Waals surface area contributed by atoms with Crippen molar-refractivity contribution in [3.63, 3.8) is 0 Å². The van der Waals surface area contributed by atoms with Crippen LogP contribution in [0.15, 0.2) is 41.8 Å². The van der Waals surface area contributed by atoms with Crippen molar-refractivity contribution < 1.29 is 23.7 Å². The van der Waals surface area contributed by atoms with E-state index in [1.807, 2.05) is 29.6 Å². The van der Waals surface area contributed by atoms with E-state index in [-0.39, 0.29) is 5.95 Å². The predicted octanol–water partition coefficient (Wildman–Crippen LogP) is 3.74. The molecule has 1 amide bonds. The number of rotatable bonds is 7. The molecule has 9 nitrogen and oxygen atoms in total. The van der Waals surface area contributed by atoms with E-state index in [9.17, 15) is 4.79 Å². The molecule has 0 saturated heterocycles. The van der Waals surface area contributed by atoms with Crippen molar-refractivity contribution in [3.8, 4) is 34.3 Å². The SMILES string of the molecule is COc1ccccc1-c1csc2nc(NC(=O)c3cc(OC)c(OC)c(OC)c3)nn12. The predicted molar refractivity (Wildman–Crippen MR) is 117 cm³/mol. The fourth-order valence-corrected chi connectivity index (χ4v) is 3.98. The molecular formula is C21H20N4O5S. The van der Waals surface area contributed by atoms with Gasteiger partial charge in [0.2, 0.25) is 10.7 Å². The highest BCUT2D eigenvalue weighted by Crippen LogP contribution is 2.38. The molecule has 0 aliphatic rings. The van der Waals surface area contributed by atoms with Gasteiger partial charge >= 0.3 is 0 Å². The van der Waals surface area contributed by atoms with Crippen molar-refractivity contribution in [3.05, 3.63) is 47.3 Å². The first-order chi connectivity index (χ1) is 15.1. The second kappa shape index (κ2) is 8.52. The lowest BCUT2D eigenvalue weighted by Crippen LogP contribution is -2.14. The summed E-state index contributed by atoms with van der Waals surface area (Å²) in [5, 5.41) is 9.12. The van der Waals surface area contributed by atoms with E-state index in [2.05, 4.69) is 15.4 Å². The smallest absolute Gasteiger partial charge is 0.258 e. The number of hydrogen-bond acceptors (Lipinski definition) is 8. The largest absolute Gasteiger partial charge is 0.496 e. The number of hydrogen-bond donors (Lipinski definition) is 1. The molecule has 0 fully saturated rings. The minimum absolute atomic E-state index is 0.182. The third-order valence-electron chi connectivity index (χ3n) is 4.62. The Balaban J connectivity index is 1.66. The topological polar surface area (TPSA) is 96.2 Å². The Hall–Kier alpha value is -3.79. The maximum absolute atomic E-state index is 12.8. The van der Waals surface area contributed by atoms with Gasteiger partial charge in [-0.15, -0.1) is 16.4 Å². The van der Waals surface area contributed by atoms with Crippen molar-refractivity contribution in [1.29, 1.82) is 0 Å². The standard InChI is InChI=1S/C21H20N4O5S/c1-27-15-8-6-5-7-13(15)14-11-31-21-23-20(24-25(14)21)22-19(26)12-9-16(28-2)18(30-4)17(10-12)29-3/h5-11H,1-4H3,(H,22,24,26). The van der Waals surface area contributed by atoms with E-state index < -0.39 is 5.91 Å². The van der Waals surface area contributed by atoms with Crippen molar-refractivity contribution in [2.24, 2.45) is 0 Å². The van der Waals surface area contributed by atoms with Gasteiger partial charge in [-0.25, -0.2) is 4.52 Å². The summed E-state index contributed by atoms with van der Waals surface area (Å²) in [5.41, 5.74) is 2.01. The minimum Gasteiger partial charge on any atom is -0.496 e. The molecule has 0 bridgehead atoms. The van der Waals surface area contributed by atoms with Crippen molar-refractivity contribution in [2.45, 2.75) is 0 Å². The summed E-state index contributed by atoms with van der Waals surface area (Å²) < 4.78 is 23.0. The van der Waals surface area contributed by atoms with E-state index >= 15 is 0 Å². The second-order valence-electron chi connectivity index (χ2n) is 6.32. The molecule has 31 heavy (non-hydrogen) atoms. The van der Waals surface area contributed by atoms with Crippen LogP contribution in [0.2, 0.25) is 0 Å². The number of amides is 1. The molecule has 4 rings (SSSR count). The quantitative estimate of drug-likeness (QED) is 0.468. The van der Waals surface area contributed by atoms with Gasteiger partial charge in [0.15, 0.2) is 11.5 Å². The van der Waals surface area contributed by atoms with Crippen molar-refractivity contribution in [2.75, 3.05) is 33.8 Å². The molecule has 0 aliphatic heterocycles. The van der Waals surface area contributed by atoms with Gasteiger partial charge in [0.25, 0.3) is 11.9 Å². The summed E-state index contributed by atoms with van der Waals surface area (Å²) >= 11 is 1.41. The summed E-state index contributed by atoms with van der Waals surface area (Å²) in [5.74, 6) is 1.66. The van der Waals surface area contributed by atoms with Crippen LogP contribution in [0.25, 0.3) is 16.2 Å². The van der Waals surface area contributed by atoms with Gasteiger partial charge in [-0.3, -0.25) is 10.1 Å². The summed E-state index contributed by atoms with van der Waals surface area (Å²) in [6.45, 7) is 0. The molecule has 0 spiro atoms. The molecule has 0 saturated carbocycles. The molecular weight excluding hydrogens is 420 g/mol. The number of nitrogens with zero attached hydrogens (tertiary/aromatic N) is 3. The number of thiazole rings is 1. The number of methoxy groups -OCH3 is 4. The van der Waals surface area contributed by atoms with Gasteiger partial charge < -0.3 is 18.9 Å². The fraction of sp³-hybridized carbons (Fsp3) is 0.190. The first-order valence-corrected chi connectivity index (χ1v) is 10.1. The fourth-order valence-electron chi connectivity index (χ4n) is 3.16. The summed E-state index contributed by atoms with van der Waals surface area (Å²) in [4.78, 5) is 17.9. The normalized spacial score (nSPS) is 10.7. The number of anilines is 1. The van der Waals surface area contributed by atoms with Crippen LogP contribution in [0.5, 0.6) is 23.0 Å². The van der Waals surface area contributed by atoms with Gasteiger partial charge in [0, 0.05) is 16.5 Å². The molecule has 2 heterocycles. The average molecular weight is 440 g/mol. The van der Waals surface area contributed by atoms with E-state index in [1.165, 1.54) is 32.7 Å². The van der Waals surface area contributed by atoms with Crippen LogP contribution in [0.3, 0.4) is 0 Å². The average Bonchev–Trinajstić information content (AvgIpc) is 3.37. The molecule has 0 unspecified atom stereocenters. The van der Waals surface area contributed by atoms with Crippen molar-refractivity contribution in [1.82, 2.24) is 14.6 Å². The third kappa shape index (κ3) is 3.73. The highest BCUT2D eigenvalue weighted by Gasteiger charge is 2.19. The lowest BCUT2D eigenvalue weighted by molar-refractivity contribution is 0.102. The maximum atomic E-state index is 12.8. The van der Waals surface area contributed by atoms with E-state index in [4.69, 9.17) is 18.9 Å². The lowest BCUT2D eigenvalue weighted by atomic mass is 10.1. The number of para-hydroxylation sites is 1. The Morgan fingerprint density at radius 2 is 1.65 bits per heavy atom. The number of nitrogens with one attached hydrogen (secondary N) is 1. The highest BCUT2D eigenvalue weighted by atomic mass is 32.1. The molecule has 0 radical (unpaired) electrons. The molecule has 160 valence electrons. The Labute approximate surface area is 182 Å².